The molecule has 1 fully saturated rings. The van der Waals surface area contributed by atoms with Gasteiger partial charge in [0.15, 0.2) is 0 Å². The maximum absolute atomic E-state index is 12.0. The summed E-state index contributed by atoms with van der Waals surface area (Å²) in [4.78, 5) is 13.3. The molecule has 5 nitrogen and oxygen atoms in total. The SMILES string of the molecule is Cc1ccc(=O)n(C2COCC2NCc2sccc2C)n1. The van der Waals surface area contributed by atoms with Crippen molar-refractivity contribution in [3.8, 4) is 0 Å². The summed E-state index contributed by atoms with van der Waals surface area (Å²) in [7, 11) is 0. The summed E-state index contributed by atoms with van der Waals surface area (Å²) < 4.78 is 7.12. The summed E-state index contributed by atoms with van der Waals surface area (Å²) in [5.41, 5.74) is 2.07. The van der Waals surface area contributed by atoms with Crippen molar-refractivity contribution in [2.24, 2.45) is 0 Å². The quantitative estimate of drug-likeness (QED) is 0.933. The summed E-state index contributed by atoms with van der Waals surface area (Å²) in [5, 5.41) is 9.96. The molecule has 1 saturated heterocycles. The summed E-state index contributed by atoms with van der Waals surface area (Å²) in [5.74, 6) is 0. The van der Waals surface area contributed by atoms with Crippen LogP contribution in [0, 0.1) is 13.8 Å². The molecule has 0 bridgehead atoms. The molecule has 112 valence electrons. The first-order chi connectivity index (χ1) is 10.1. The number of nitrogens with zero attached hydrogens (tertiary/aromatic N) is 2. The molecule has 0 radical (unpaired) electrons. The Morgan fingerprint density at radius 2 is 2.24 bits per heavy atom. The lowest BCUT2D eigenvalue weighted by atomic mass is 10.1. The van der Waals surface area contributed by atoms with Gasteiger partial charge in [-0.25, -0.2) is 4.68 Å². The van der Waals surface area contributed by atoms with E-state index in [2.05, 4.69) is 28.8 Å². The second kappa shape index (κ2) is 6.09. The summed E-state index contributed by atoms with van der Waals surface area (Å²) in [6.45, 7) is 5.94. The van der Waals surface area contributed by atoms with E-state index in [9.17, 15) is 4.79 Å². The zero-order valence-electron chi connectivity index (χ0n) is 12.2. The molecule has 3 heterocycles. The monoisotopic (exact) mass is 305 g/mol. The Labute approximate surface area is 127 Å². The fourth-order valence-electron chi connectivity index (χ4n) is 2.55. The number of rotatable bonds is 4. The highest BCUT2D eigenvalue weighted by molar-refractivity contribution is 7.10. The van der Waals surface area contributed by atoms with Crippen LogP contribution in [-0.2, 0) is 11.3 Å². The average Bonchev–Trinajstić information content (AvgIpc) is 3.08. The van der Waals surface area contributed by atoms with Gasteiger partial charge in [0.05, 0.1) is 31.0 Å². The first-order valence-electron chi connectivity index (χ1n) is 7.06. The number of ether oxygens (including phenoxy) is 1. The number of hydrogen-bond donors (Lipinski definition) is 1. The molecular formula is C15H19N3O2S. The van der Waals surface area contributed by atoms with Crippen LogP contribution in [0.25, 0.3) is 0 Å². The van der Waals surface area contributed by atoms with E-state index in [0.29, 0.717) is 13.2 Å². The predicted octanol–water partition coefficient (Wildman–Crippen LogP) is 1.65. The minimum Gasteiger partial charge on any atom is -0.377 e. The van der Waals surface area contributed by atoms with Crippen LogP contribution < -0.4 is 10.9 Å². The Hall–Kier alpha value is -1.50. The third-order valence-electron chi connectivity index (χ3n) is 3.82. The first-order valence-corrected chi connectivity index (χ1v) is 7.93. The van der Waals surface area contributed by atoms with Gasteiger partial charge >= 0.3 is 0 Å². The molecule has 0 aliphatic carbocycles. The smallest absolute Gasteiger partial charge is 0.267 e. The maximum Gasteiger partial charge on any atom is 0.267 e. The van der Waals surface area contributed by atoms with Crippen LogP contribution >= 0.6 is 11.3 Å². The lowest BCUT2D eigenvalue weighted by Gasteiger charge is -2.20. The van der Waals surface area contributed by atoms with Crippen molar-refractivity contribution < 1.29 is 4.74 Å². The average molecular weight is 305 g/mol. The third kappa shape index (κ3) is 3.07. The second-order valence-electron chi connectivity index (χ2n) is 5.38. The summed E-state index contributed by atoms with van der Waals surface area (Å²) >= 11 is 1.75. The van der Waals surface area contributed by atoms with Gasteiger partial charge in [-0.15, -0.1) is 11.3 Å². The molecular weight excluding hydrogens is 286 g/mol. The molecule has 2 aromatic heterocycles. The fourth-order valence-corrected chi connectivity index (χ4v) is 3.40. The van der Waals surface area contributed by atoms with Crippen LogP contribution in [0.15, 0.2) is 28.4 Å². The van der Waals surface area contributed by atoms with Crippen LogP contribution in [-0.4, -0.2) is 29.0 Å². The van der Waals surface area contributed by atoms with Crippen LogP contribution in [0.4, 0.5) is 0 Å². The van der Waals surface area contributed by atoms with Crippen molar-refractivity contribution in [2.75, 3.05) is 13.2 Å². The maximum atomic E-state index is 12.0. The molecule has 2 atom stereocenters. The topological polar surface area (TPSA) is 56.1 Å². The van der Waals surface area contributed by atoms with E-state index < -0.39 is 0 Å². The summed E-state index contributed by atoms with van der Waals surface area (Å²) in [6, 6.07) is 5.50. The van der Waals surface area contributed by atoms with E-state index >= 15 is 0 Å². The Balaban J connectivity index is 1.75. The fraction of sp³-hybridized carbons (Fsp3) is 0.467. The normalized spacial score (nSPS) is 21.8. The number of nitrogens with one attached hydrogen (secondary N) is 1. The van der Waals surface area contributed by atoms with Gasteiger partial charge in [0.1, 0.15) is 0 Å². The van der Waals surface area contributed by atoms with Gasteiger partial charge in [0.25, 0.3) is 5.56 Å². The standard InChI is InChI=1S/C15H19N3O2S/c1-10-5-6-21-14(10)7-16-12-8-20-9-13(12)18-15(19)4-3-11(2)17-18/h3-6,12-13,16H,7-9H2,1-2H3. The number of thiophene rings is 1. The highest BCUT2D eigenvalue weighted by Crippen LogP contribution is 2.20. The van der Waals surface area contributed by atoms with Crippen molar-refractivity contribution >= 4 is 11.3 Å². The van der Waals surface area contributed by atoms with Crippen molar-refractivity contribution in [1.29, 1.82) is 0 Å². The third-order valence-corrected chi connectivity index (χ3v) is 4.84. The highest BCUT2D eigenvalue weighted by atomic mass is 32.1. The van der Waals surface area contributed by atoms with Crippen molar-refractivity contribution in [1.82, 2.24) is 15.1 Å². The second-order valence-corrected chi connectivity index (χ2v) is 6.38. The molecule has 0 spiro atoms. The van der Waals surface area contributed by atoms with Crippen LogP contribution in [0.3, 0.4) is 0 Å². The highest BCUT2D eigenvalue weighted by Gasteiger charge is 2.31. The van der Waals surface area contributed by atoms with E-state index in [-0.39, 0.29) is 17.6 Å². The Morgan fingerprint density at radius 1 is 1.38 bits per heavy atom. The molecule has 21 heavy (non-hydrogen) atoms. The molecule has 1 aliphatic heterocycles. The largest absolute Gasteiger partial charge is 0.377 e. The van der Waals surface area contributed by atoms with Crippen molar-refractivity contribution in [2.45, 2.75) is 32.5 Å². The molecule has 0 aromatic carbocycles. The molecule has 0 amide bonds. The van der Waals surface area contributed by atoms with Gasteiger partial charge in [-0.1, -0.05) is 0 Å². The lowest BCUT2D eigenvalue weighted by molar-refractivity contribution is 0.180. The minimum absolute atomic E-state index is 0.0438. The minimum atomic E-state index is -0.0739. The van der Waals surface area contributed by atoms with E-state index in [4.69, 9.17) is 4.74 Å². The van der Waals surface area contributed by atoms with Gasteiger partial charge in [-0.05, 0) is 36.9 Å². The zero-order chi connectivity index (χ0) is 14.8. The van der Waals surface area contributed by atoms with Crippen LogP contribution in [0.2, 0.25) is 0 Å². The Bertz CT molecular complexity index is 680. The van der Waals surface area contributed by atoms with E-state index in [1.54, 1.807) is 28.2 Å². The predicted molar refractivity (Wildman–Crippen MR) is 82.8 cm³/mol. The van der Waals surface area contributed by atoms with Crippen LogP contribution in [0.1, 0.15) is 22.2 Å². The number of hydrogen-bond acceptors (Lipinski definition) is 5. The number of aryl methyl sites for hydroxylation is 2. The van der Waals surface area contributed by atoms with Crippen molar-refractivity contribution in [3.05, 3.63) is 50.1 Å². The van der Waals surface area contributed by atoms with E-state index in [1.807, 2.05) is 6.92 Å². The van der Waals surface area contributed by atoms with Crippen molar-refractivity contribution in [3.63, 3.8) is 0 Å². The first kappa shape index (κ1) is 14.4. The van der Waals surface area contributed by atoms with Gasteiger partial charge in [0.2, 0.25) is 0 Å². The summed E-state index contributed by atoms with van der Waals surface area (Å²) in [6.07, 6.45) is 0. The molecule has 0 saturated carbocycles. The number of aromatic nitrogens is 2. The molecule has 3 rings (SSSR count). The van der Waals surface area contributed by atoms with E-state index in [1.165, 1.54) is 10.4 Å². The molecule has 2 unspecified atom stereocenters. The van der Waals surface area contributed by atoms with E-state index in [0.717, 1.165) is 12.2 Å². The molecule has 1 N–H and O–H groups in total. The zero-order valence-corrected chi connectivity index (χ0v) is 13.0. The molecule has 6 heteroatoms. The Morgan fingerprint density at radius 3 is 3.00 bits per heavy atom. The van der Waals surface area contributed by atoms with Crippen LogP contribution in [0.5, 0.6) is 0 Å². The van der Waals surface area contributed by atoms with Gasteiger partial charge < -0.3 is 10.1 Å². The molecule has 1 aliphatic rings. The van der Waals surface area contributed by atoms with Gasteiger partial charge in [-0.2, -0.15) is 5.10 Å². The van der Waals surface area contributed by atoms with Gasteiger partial charge in [-0.3, -0.25) is 4.79 Å². The lowest BCUT2D eigenvalue weighted by Crippen LogP contribution is -2.41. The Kier molecular flexibility index (Phi) is 4.19. The van der Waals surface area contributed by atoms with Gasteiger partial charge in [0, 0.05) is 17.5 Å². The molecule has 2 aromatic rings.